The van der Waals surface area contributed by atoms with Gasteiger partial charge in [-0.25, -0.2) is 0 Å². The van der Waals surface area contributed by atoms with Crippen molar-refractivity contribution in [3.8, 4) is 0 Å². The Hall–Kier alpha value is -0.0800. The molecule has 2 atom stereocenters. The summed E-state index contributed by atoms with van der Waals surface area (Å²) in [6.45, 7) is 4.18. The number of aliphatic hydroxyl groups excluding tert-OH is 1. The molecule has 0 aromatic rings. The van der Waals surface area contributed by atoms with E-state index in [0.717, 1.165) is 19.5 Å². The molecule has 1 heterocycles. The van der Waals surface area contributed by atoms with Crippen molar-refractivity contribution >= 4 is 0 Å². The van der Waals surface area contributed by atoms with E-state index in [4.69, 9.17) is 0 Å². The van der Waals surface area contributed by atoms with Gasteiger partial charge < -0.3 is 10.4 Å². The van der Waals surface area contributed by atoms with E-state index in [1.54, 1.807) is 0 Å². The van der Waals surface area contributed by atoms with Crippen molar-refractivity contribution in [1.29, 1.82) is 0 Å². The van der Waals surface area contributed by atoms with Crippen LogP contribution in [-0.4, -0.2) is 24.3 Å². The van der Waals surface area contributed by atoms with Crippen molar-refractivity contribution in [1.82, 2.24) is 5.32 Å². The summed E-state index contributed by atoms with van der Waals surface area (Å²) in [5, 5.41) is 12.7. The Balaban J connectivity index is 2.24. The lowest BCUT2D eigenvalue weighted by Crippen LogP contribution is -2.36. The quantitative estimate of drug-likeness (QED) is 0.598. The molecule has 2 nitrogen and oxygen atoms in total. The zero-order valence-electron chi connectivity index (χ0n) is 6.64. The maximum atomic E-state index is 9.44. The molecule has 0 unspecified atom stereocenters. The second kappa shape index (κ2) is 3.94. The van der Waals surface area contributed by atoms with Crippen LogP contribution in [0, 0.1) is 5.92 Å². The second-order valence-electron chi connectivity index (χ2n) is 3.08. The summed E-state index contributed by atoms with van der Waals surface area (Å²) in [4.78, 5) is 0. The average molecular weight is 143 g/mol. The van der Waals surface area contributed by atoms with E-state index in [1.807, 2.05) is 6.92 Å². The summed E-state index contributed by atoms with van der Waals surface area (Å²) in [6.07, 6.45) is 3.24. The second-order valence-corrected chi connectivity index (χ2v) is 3.08. The zero-order chi connectivity index (χ0) is 7.40. The summed E-state index contributed by atoms with van der Waals surface area (Å²) in [7, 11) is 0. The molecule has 0 radical (unpaired) electrons. The largest absolute Gasteiger partial charge is 0.393 e. The Morgan fingerprint density at radius 2 is 2.50 bits per heavy atom. The standard InChI is InChI=1S/C8H17NO/c1-2-8(10)7-4-3-5-9-6-7/h7-10H,2-6H2,1H3/t7-,8+/m1/s1. The van der Waals surface area contributed by atoms with Crippen molar-refractivity contribution < 1.29 is 5.11 Å². The maximum absolute atomic E-state index is 9.44. The van der Waals surface area contributed by atoms with Crippen LogP contribution in [0.4, 0.5) is 0 Å². The van der Waals surface area contributed by atoms with Gasteiger partial charge >= 0.3 is 0 Å². The fourth-order valence-electron chi connectivity index (χ4n) is 1.54. The Morgan fingerprint density at radius 1 is 1.70 bits per heavy atom. The van der Waals surface area contributed by atoms with Crippen molar-refractivity contribution in [2.75, 3.05) is 13.1 Å². The first kappa shape index (κ1) is 8.02. The van der Waals surface area contributed by atoms with E-state index < -0.39 is 0 Å². The fraction of sp³-hybridized carbons (Fsp3) is 1.00. The normalized spacial score (nSPS) is 30.0. The number of nitrogens with one attached hydrogen (secondary N) is 1. The lowest BCUT2D eigenvalue weighted by atomic mass is 9.92. The average Bonchev–Trinajstić information content (AvgIpc) is 2.05. The molecule has 2 N–H and O–H groups in total. The molecule has 1 aliphatic rings. The molecule has 0 aromatic carbocycles. The van der Waals surface area contributed by atoms with Crippen LogP contribution in [0.15, 0.2) is 0 Å². The molecule has 1 aliphatic heterocycles. The van der Waals surface area contributed by atoms with Crippen molar-refractivity contribution in [2.24, 2.45) is 5.92 Å². The van der Waals surface area contributed by atoms with Gasteiger partial charge in [-0.1, -0.05) is 6.92 Å². The van der Waals surface area contributed by atoms with Crippen molar-refractivity contribution in [2.45, 2.75) is 32.3 Å². The predicted octanol–water partition coefficient (Wildman–Crippen LogP) is 0.757. The van der Waals surface area contributed by atoms with Crippen LogP contribution >= 0.6 is 0 Å². The molecule has 10 heavy (non-hydrogen) atoms. The number of rotatable bonds is 2. The monoisotopic (exact) mass is 143 g/mol. The third-order valence-corrected chi connectivity index (χ3v) is 2.30. The van der Waals surface area contributed by atoms with E-state index in [0.29, 0.717) is 5.92 Å². The van der Waals surface area contributed by atoms with Gasteiger partial charge in [0.1, 0.15) is 0 Å². The highest BCUT2D eigenvalue weighted by molar-refractivity contribution is 4.74. The topological polar surface area (TPSA) is 32.3 Å². The summed E-state index contributed by atoms with van der Waals surface area (Å²) in [6, 6.07) is 0. The first-order chi connectivity index (χ1) is 4.84. The van der Waals surface area contributed by atoms with Gasteiger partial charge in [0.05, 0.1) is 6.10 Å². The van der Waals surface area contributed by atoms with Gasteiger partial charge in [-0.05, 0) is 31.7 Å². The van der Waals surface area contributed by atoms with Crippen molar-refractivity contribution in [3.63, 3.8) is 0 Å². The number of piperidine rings is 1. The van der Waals surface area contributed by atoms with E-state index in [1.165, 1.54) is 12.8 Å². The van der Waals surface area contributed by atoms with Gasteiger partial charge in [-0.3, -0.25) is 0 Å². The van der Waals surface area contributed by atoms with Crippen LogP contribution in [0.2, 0.25) is 0 Å². The molecule has 2 heteroatoms. The highest BCUT2D eigenvalue weighted by Gasteiger charge is 2.19. The van der Waals surface area contributed by atoms with Gasteiger partial charge in [-0.2, -0.15) is 0 Å². The van der Waals surface area contributed by atoms with Crippen LogP contribution in [0.3, 0.4) is 0 Å². The Labute approximate surface area is 62.6 Å². The van der Waals surface area contributed by atoms with Crippen LogP contribution in [0.5, 0.6) is 0 Å². The van der Waals surface area contributed by atoms with Crippen LogP contribution < -0.4 is 5.32 Å². The highest BCUT2D eigenvalue weighted by atomic mass is 16.3. The summed E-state index contributed by atoms with van der Waals surface area (Å²) < 4.78 is 0. The third kappa shape index (κ3) is 1.96. The van der Waals surface area contributed by atoms with Gasteiger partial charge in [0.15, 0.2) is 0 Å². The van der Waals surface area contributed by atoms with E-state index in [2.05, 4.69) is 5.32 Å². The van der Waals surface area contributed by atoms with E-state index >= 15 is 0 Å². The Bertz CT molecular complexity index is 89.3. The fourth-order valence-corrected chi connectivity index (χ4v) is 1.54. The van der Waals surface area contributed by atoms with Crippen LogP contribution in [-0.2, 0) is 0 Å². The molecule has 0 saturated carbocycles. The first-order valence-electron chi connectivity index (χ1n) is 4.23. The van der Waals surface area contributed by atoms with Gasteiger partial charge in [0.25, 0.3) is 0 Å². The molecule has 60 valence electrons. The summed E-state index contributed by atoms with van der Waals surface area (Å²) in [5.41, 5.74) is 0. The SMILES string of the molecule is CC[C@H](O)[C@@H]1CCCNC1. The molecule has 0 spiro atoms. The number of hydrogen-bond acceptors (Lipinski definition) is 2. The Morgan fingerprint density at radius 3 is 3.00 bits per heavy atom. The lowest BCUT2D eigenvalue weighted by Gasteiger charge is -2.26. The third-order valence-electron chi connectivity index (χ3n) is 2.30. The molecule has 1 rings (SSSR count). The molecular weight excluding hydrogens is 126 g/mol. The number of hydrogen-bond donors (Lipinski definition) is 2. The predicted molar refractivity (Wildman–Crippen MR) is 41.9 cm³/mol. The summed E-state index contributed by atoms with van der Waals surface area (Å²) >= 11 is 0. The molecular formula is C8H17NO. The minimum Gasteiger partial charge on any atom is -0.393 e. The number of aliphatic hydroxyl groups is 1. The molecule has 0 aromatic heterocycles. The lowest BCUT2D eigenvalue weighted by molar-refractivity contribution is 0.0886. The highest BCUT2D eigenvalue weighted by Crippen LogP contribution is 2.15. The molecule has 0 aliphatic carbocycles. The molecule has 1 saturated heterocycles. The van der Waals surface area contributed by atoms with Crippen LogP contribution in [0.1, 0.15) is 26.2 Å². The maximum Gasteiger partial charge on any atom is 0.0577 e. The van der Waals surface area contributed by atoms with Gasteiger partial charge in [0.2, 0.25) is 0 Å². The first-order valence-corrected chi connectivity index (χ1v) is 4.23. The summed E-state index contributed by atoms with van der Waals surface area (Å²) in [5.74, 6) is 0.513. The molecule has 0 amide bonds. The zero-order valence-corrected chi connectivity index (χ0v) is 6.64. The van der Waals surface area contributed by atoms with Crippen molar-refractivity contribution in [3.05, 3.63) is 0 Å². The minimum absolute atomic E-state index is 0.0761. The molecule has 0 bridgehead atoms. The van der Waals surface area contributed by atoms with Crippen LogP contribution in [0.25, 0.3) is 0 Å². The Kier molecular flexibility index (Phi) is 3.16. The van der Waals surface area contributed by atoms with Gasteiger partial charge in [-0.15, -0.1) is 0 Å². The smallest absolute Gasteiger partial charge is 0.0577 e. The van der Waals surface area contributed by atoms with Gasteiger partial charge in [0, 0.05) is 6.54 Å². The minimum atomic E-state index is -0.0761. The van der Waals surface area contributed by atoms with E-state index in [-0.39, 0.29) is 6.10 Å². The molecule has 1 fully saturated rings. The van der Waals surface area contributed by atoms with E-state index in [9.17, 15) is 5.11 Å².